The van der Waals surface area contributed by atoms with Gasteiger partial charge in [0.15, 0.2) is 0 Å². The number of ether oxygens (including phenoxy) is 1. The Balaban J connectivity index is 1.59. The summed E-state index contributed by atoms with van der Waals surface area (Å²) in [6, 6.07) is 24.0. The molecule has 0 radical (unpaired) electrons. The number of anilines is 2. The van der Waals surface area contributed by atoms with Crippen LogP contribution in [0.1, 0.15) is 88.1 Å². The molecule has 3 aromatic rings. The van der Waals surface area contributed by atoms with Crippen LogP contribution in [0, 0.1) is 0 Å². The molecule has 0 saturated heterocycles. The van der Waals surface area contributed by atoms with Crippen LogP contribution < -0.4 is 9.80 Å². The first kappa shape index (κ1) is 34.9. The minimum Gasteiger partial charge on any atom is -0.459 e. The van der Waals surface area contributed by atoms with Gasteiger partial charge in [-0.2, -0.15) is 0 Å². The number of rotatable bonds is 12. The summed E-state index contributed by atoms with van der Waals surface area (Å²) < 4.78 is 5.63. The number of benzene rings is 3. The second-order valence-electron chi connectivity index (χ2n) is 12.7. The summed E-state index contributed by atoms with van der Waals surface area (Å²) in [5.41, 5.74) is 11.2. The lowest BCUT2D eigenvalue weighted by Crippen LogP contribution is -2.27. The van der Waals surface area contributed by atoms with E-state index >= 15 is 0 Å². The summed E-state index contributed by atoms with van der Waals surface area (Å²) in [6.45, 7) is 17.7. The molecule has 1 saturated carbocycles. The molecule has 2 aliphatic rings. The number of fused-ring (bicyclic) bond motifs is 1. The topological polar surface area (TPSA) is 65.4 Å². The third kappa shape index (κ3) is 7.65. The Morgan fingerprint density at radius 2 is 1.44 bits per heavy atom. The Labute approximate surface area is 287 Å². The first-order chi connectivity index (χ1) is 23.3. The van der Waals surface area contributed by atoms with Gasteiger partial charge >= 0.3 is 5.97 Å². The lowest BCUT2D eigenvalue weighted by Gasteiger charge is -2.28. The van der Waals surface area contributed by atoms with E-state index in [1.807, 2.05) is 0 Å². The van der Waals surface area contributed by atoms with Crippen LogP contribution in [0.3, 0.4) is 0 Å². The van der Waals surface area contributed by atoms with Gasteiger partial charge in [-0.3, -0.25) is 4.99 Å². The van der Waals surface area contributed by atoms with Gasteiger partial charge in [0.25, 0.3) is 0 Å². The summed E-state index contributed by atoms with van der Waals surface area (Å²) in [4.78, 5) is 22.0. The zero-order chi connectivity index (χ0) is 34.2. The van der Waals surface area contributed by atoms with Crippen molar-refractivity contribution in [2.24, 2.45) is 4.99 Å². The van der Waals surface area contributed by atoms with E-state index in [1.54, 1.807) is 6.92 Å². The molecule has 5 rings (SSSR count). The van der Waals surface area contributed by atoms with Gasteiger partial charge in [0, 0.05) is 48.7 Å². The van der Waals surface area contributed by atoms with Gasteiger partial charge in [-0.05, 0) is 124 Å². The van der Waals surface area contributed by atoms with Gasteiger partial charge in [-0.15, -0.1) is 0 Å². The molecule has 0 amide bonds. The molecule has 0 aliphatic heterocycles. The van der Waals surface area contributed by atoms with Crippen molar-refractivity contribution in [3.63, 3.8) is 0 Å². The van der Waals surface area contributed by atoms with Crippen LogP contribution in [0.2, 0.25) is 0 Å². The molecule has 0 aromatic heterocycles. The molecular formula is C42H51N3O3. The van der Waals surface area contributed by atoms with Gasteiger partial charge in [-0.1, -0.05) is 55.1 Å². The van der Waals surface area contributed by atoms with Crippen molar-refractivity contribution in [1.82, 2.24) is 0 Å². The standard InChI is InChI=1S/C42H51N3O3/c1-7-44(8-2)33-19-15-30(16-20-33)41(36-24-21-34(27-31(36)28-46)45(9-3)10-4)39-25-26-40(38-14-12-11-13-37(38)39)43-32-17-22-35(23-18-32)48-42(47)29(5)6/h11-16,19-21,24-27,32,35,46H,5,7-10,17-18,22-23,28H2,1-4,6H3/b41-39-,43-40?. The maximum atomic E-state index is 12.0. The molecule has 0 spiro atoms. The Hall–Kier alpha value is -4.42. The molecule has 0 atom stereocenters. The predicted molar refractivity (Wildman–Crippen MR) is 201 cm³/mol. The highest BCUT2D eigenvalue weighted by molar-refractivity contribution is 6.19. The van der Waals surface area contributed by atoms with Crippen LogP contribution in [0.5, 0.6) is 0 Å². The maximum absolute atomic E-state index is 12.0. The number of hydrogen-bond acceptors (Lipinski definition) is 6. The number of nitrogens with zero attached hydrogens (tertiary/aromatic N) is 3. The van der Waals surface area contributed by atoms with Gasteiger partial charge in [0.1, 0.15) is 6.10 Å². The number of hydrogen-bond donors (Lipinski definition) is 1. The van der Waals surface area contributed by atoms with Gasteiger partial charge < -0.3 is 19.6 Å². The van der Waals surface area contributed by atoms with Gasteiger partial charge in [0.05, 0.1) is 18.4 Å². The average Bonchev–Trinajstić information content (AvgIpc) is 3.12. The first-order valence-corrected chi connectivity index (χ1v) is 17.6. The van der Waals surface area contributed by atoms with E-state index in [9.17, 15) is 9.90 Å². The molecule has 252 valence electrons. The summed E-state index contributed by atoms with van der Waals surface area (Å²) in [7, 11) is 0. The normalized spacial score (nSPS) is 19.1. The molecule has 6 heteroatoms. The van der Waals surface area contributed by atoms with E-state index in [-0.39, 0.29) is 24.7 Å². The Morgan fingerprint density at radius 1 is 0.833 bits per heavy atom. The fourth-order valence-corrected chi connectivity index (χ4v) is 6.98. The molecule has 2 aliphatic carbocycles. The zero-order valence-corrected chi connectivity index (χ0v) is 29.3. The molecular weight excluding hydrogens is 594 g/mol. The van der Waals surface area contributed by atoms with Crippen LogP contribution in [-0.4, -0.2) is 55.1 Å². The molecule has 6 nitrogen and oxygen atoms in total. The van der Waals surface area contributed by atoms with Crippen LogP contribution >= 0.6 is 0 Å². The third-order valence-electron chi connectivity index (χ3n) is 9.70. The van der Waals surface area contributed by atoms with E-state index in [1.165, 1.54) is 5.69 Å². The minimum atomic E-state index is -0.307. The lowest BCUT2D eigenvalue weighted by molar-refractivity contribution is -0.145. The largest absolute Gasteiger partial charge is 0.459 e. The van der Waals surface area contributed by atoms with Crippen molar-refractivity contribution in [2.45, 2.75) is 79.1 Å². The second-order valence-corrected chi connectivity index (χ2v) is 12.7. The van der Waals surface area contributed by atoms with Crippen LogP contribution in [0.4, 0.5) is 11.4 Å². The number of esters is 1. The summed E-state index contributed by atoms with van der Waals surface area (Å²) in [5, 5.41) is 10.7. The smallest absolute Gasteiger partial charge is 0.333 e. The SMILES string of the molecule is C=C(C)C(=O)OC1CCC(N=C2C=C/C(=C(\c3ccc(N(CC)CC)cc3)c3ccc(N(CC)CC)cc3CO)c3ccccc32)CC1. The average molecular weight is 646 g/mol. The molecule has 1 N–H and O–H groups in total. The van der Waals surface area contributed by atoms with Crippen LogP contribution in [-0.2, 0) is 16.1 Å². The number of aliphatic imine (C=N–C) groups is 1. The first-order valence-electron chi connectivity index (χ1n) is 17.6. The van der Waals surface area contributed by atoms with Gasteiger partial charge in [0.2, 0.25) is 0 Å². The fourth-order valence-electron chi connectivity index (χ4n) is 6.98. The highest BCUT2D eigenvalue weighted by atomic mass is 16.5. The number of carbonyl (C=O) groups is 1. The molecule has 48 heavy (non-hydrogen) atoms. The van der Waals surface area contributed by atoms with Crippen molar-refractivity contribution in [2.75, 3.05) is 36.0 Å². The molecule has 0 bridgehead atoms. The molecule has 1 fully saturated rings. The Bertz CT molecular complexity index is 1690. The van der Waals surface area contributed by atoms with Crippen LogP contribution in [0.25, 0.3) is 11.1 Å². The summed E-state index contributed by atoms with van der Waals surface area (Å²) in [5.74, 6) is -0.307. The molecule has 0 unspecified atom stereocenters. The van der Waals surface area contributed by atoms with Gasteiger partial charge in [-0.25, -0.2) is 4.79 Å². The van der Waals surface area contributed by atoms with Crippen molar-refractivity contribution in [3.8, 4) is 0 Å². The fraction of sp³-hybridized carbons (Fsp3) is 0.381. The molecule has 0 heterocycles. The Kier molecular flexibility index (Phi) is 11.7. The number of aliphatic hydroxyl groups excluding tert-OH is 1. The van der Waals surface area contributed by atoms with Crippen molar-refractivity contribution in [3.05, 3.63) is 119 Å². The predicted octanol–water partition coefficient (Wildman–Crippen LogP) is 8.62. The third-order valence-corrected chi connectivity index (χ3v) is 9.70. The summed E-state index contributed by atoms with van der Waals surface area (Å²) >= 11 is 0. The quantitative estimate of drug-likeness (QED) is 0.158. The second kappa shape index (κ2) is 16.1. The zero-order valence-electron chi connectivity index (χ0n) is 29.3. The number of carbonyl (C=O) groups excluding carboxylic acids is 1. The number of aliphatic hydroxyl groups is 1. The minimum absolute atomic E-state index is 0.0544. The van der Waals surface area contributed by atoms with Crippen molar-refractivity contribution in [1.29, 1.82) is 0 Å². The highest BCUT2D eigenvalue weighted by Gasteiger charge is 2.26. The van der Waals surface area contributed by atoms with E-state index in [0.717, 1.165) is 102 Å². The Morgan fingerprint density at radius 3 is 2.04 bits per heavy atom. The highest BCUT2D eigenvalue weighted by Crippen LogP contribution is 2.40. The van der Waals surface area contributed by atoms with E-state index in [0.29, 0.717) is 5.57 Å². The van der Waals surface area contributed by atoms with Crippen molar-refractivity contribution < 1.29 is 14.6 Å². The molecule has 3 aromatic carbocycles. The monoisotopic (exact) mass is 645 g/mol. The number of allylic oxidation sites excluding steroid dienone is 3. The van der Waals surface area contributed by atoms with Crippen molar-refractivity contribution >= 4 is 34.2 Å². The van der Waals surface area contributed by atoms with E-state index in [4.69, 9.17) is 9.73 Å². The lowest BCUT2D eigenvalue weighted by atomic mass is 9.82. The van der Waals surface area contributed by atoms with E-state index in [2.05, 4.69) is 123 Å². The van der Waals surface area contributed by atoms with Crippen LogP contribution in [0.15, 0.2) is 96.0 Å². The summed E-state index contributed by atoms with van der Waals surface area (Å²) in [6.07, 6.45) is 7.64. The maximum Gasteiger partial charge on any atom is 0.333 e. The van der Waals surface area contributed by atoms with E-state index < -0.39 is 0 Å².